The number of nitrogens with zero attached hydrogens (tertiary/aromatic N) is 6. The average molecular weight is 811 g/mol. The quantitative estimate of drug-likeness (QED) is 0.160. The molecule has 0 N–H and O–H groups in total. The van der Waals surface area contributed by atoms with Crippen LogP contribution in [-0.4, -0.2) is 29.5 Å². The summed E-state index contributed by atoms with van der Waals surface area (Å²) in [6, 6.07) is 71.3. The van der Waals surface area contributed by atoms with Crippen molar-refractivity contribution in [3.63, 3.8) is 0 Å². The van der Waals surface area contributed by atoms with Crippen molar-refractivity contribution in [3.05, 3.63) is 206 Å². The molecule has 0 aliphatic carbocycles. The fourth-order valence-corrected chi connectivity index (χ4v) is 9.82. The summed E-state index contributed by atoms with van der Waals surface area (Å²) in [6.45, 7) is 0. The largest absolute Gasteiger partial charge is 0.308 e. The third-order valence-corrected chi connectivity index (χ3v) is 12.7. The van der Waals surface area contributed by atoms with E-state index < -0.39 is 0 Å². The lowest BCUT2D eigenvalue weighted by atomic mass is 10.0. The summed E-state index contributed by atoms with van der Waals surface area (Å²) in [5.41, 5.74) is 10.3. The average Bonchev–Trinajstić information content (AvgIpc) is 3.90. The highest BCUT2D eigenvalue weighted by Gasteiger charge is 2.23. The summed E-state index contributed by atoms with van der Waals surface area (Å²) in [5, 5.41) is 4.96. The van der Waals surface area contributed by atoms with Crippen LogP contribution in [0.25, 0.3) is 116 Å². The van der Waals surface area contributed by atoms with Gasteiger partial charge in [0.1, 0.15) is 0 Å². The lowest BCUT2D eigenvalue weighted by molar-refractivity contribution is 1.07. The van der Waals surface area contributed by atoms with E-state index >= 15 is 0 Å². The van der Waals surface area contributed by atoms with Crippen molar-refractivity contribution in [2.75, 3.05) is 0 Å². The molecule has 0 aliphatic rings. The topological polar surface area (TPSA) is 69.4 Å². The number of rotatable bonds is 7. The Labute approximate surface area is 361 Å². The van der Waals surface area contributed by atoms with Crippen molar-refractivity contribution in [1.82, 2.24) is 29.5 Å². The molecule has 8 aromatic carbocycles. The number of hydrogen-bond donors (Lipinski definition) is 0. The molecule has 12 aromatic rings. The SMILES string of the molecule is c1ccc(-c2cc(-c3ccccc3)nc(-c3cc(-c4nc(-c5ccccc5)nc(-c5ccccc5)n4)ccc3-n3c4ccccc4c4c5sc6ccccc6c5ccc43)n2)cc1. The monoisotopic (exact) mass is 810 g/mol. The van der Waals surface area contributed by atoms with Gasteiger partial charge in [0.05, 0.1) is 28.1 Å². The van der Waals surface area contributed by atoms with Gasteiger partial charge >= 0.3 is 0 Å². The van der Waals surface area contributed by atoms with Crippen LogP contribution in [0, 0.1) is 0 Å². The zero-order valence-electron chi connectivity index (χ0n) is 33.2. The lowest BCUT2D eigenvalue weighted by Gasteiger charge is -2.17. The summed E-state index contributed by atoms with van der Waals surface area (Å²) in [4.78, 5) is 26.1. The van der Waals surface area contributed by atoms with E-state index in [4.69, 9.17) is 24.9 Å². The molecule has 0 saturated carbocycles. The molecule has 0 amide bonds. The predicted octanol–water partition coefficient (Wildman–Crippen LogP) is 14.1. The predicted molar refractivity (Wildman–Crippen MR) is 255 cm³/mol. The number of fused-ring (bicyclic) bond motifs is 7. The van der Waals surface area contributed by atoms with Crippen LogP contribution >= 0.6 is 11.3 Å². The number of benzene rings is 8. The zero-order valence-corrected chi connectivity index (χ0v) is 34.0. The lowest BCUT2D eigenvalue weighted by Crippen LogP contribution is -2.04. The Morgan fingerprint density at radius 1 is 0.339 bits per heavy atom. The van der Waals surface area contributed by atoms with Crippen LogP contribution in [0.3, 0.4) is 0 Å². The minimum atomic E-state index is 0.558. The van der Waals surface area contributed by atoms with Crippen LogP contribution in [-0.2, 0) is 0 Å². The molecular formula is C55H34N6S. The summed E-state index contributed by atoms with van der Waals surface area (Å²) >= 11 is 1.85. The molecule has 0 aliphatic heterocycles. The molecule has 4 heterocycles. The highest BCUT2D eigenvalue weighted by Crippen LogP contribution is 2.45. The molecule has 0 atom stereocenters. The molecule has 0 radical (unpaired) electrons. The maximum Gasteiger partial charge on any atom is 0.164 e. The van der Waals surface area contributed by atoms with E-state index in [2.05, 4.69) is 114 Å². The van der Waals surface area contributed by atoms with Gasteiger partial charge in [-0.2, -0.15) is 0 Å². The van der Waals surface area contributed by atoms with Crippen molar-refractivity contribution >= 4 is 53.3 Å². The van der Waals surface area contributed by atoms with Crippen molar-refractivity contribution in [2.45, 2.75) is 0 Å². The number of para-hydroxylation sites is 1. The minimum absolute atomic E-state index is 0.558. The van der Waals surface area contributed by atoms with Crippen LogP contribution in [0.5, 0.6) is 0 Å². The highest BCUT2D eigenvalue weighted by atomic mass is 32.1. The fourth-order valence-electron chi connectivity index (χ4n) is 8.56. The van der Waals surface area contributed by atoms with Crippen molar-refractivity contribution < 1.29 is 0 Å². The van der Waals surface area contributed by atoms with E-state index in [0.717, 1.165) is 61.5 Å². The maximum absolute atomic E-state index is 5.40. The first-order chi connectivity index (χ1) is 30.7. The van der Waals surface area contributed by atoms with Gasteiger partial charge < -0.3 is 4.57 Å². The first kappa shape index (κ1) is 35.8. The standard InChI is InChI=1S/C55H34N6S/c1-5-17-35(18-6-1)44-34-45(36-19-7-2-8-20-36)57-55(56-44)43-33-39(54-59-52(37-21-9-3-10-22-37)58-53(60-54)38-23-11-4-12-24-38)29-31-47(43)61-46-27-15-13-26-42(46)50-48(61)32-30-41-40-25-14-16-28-49(40)62-51(41)50/h1-34H. The van der Waals surface area contributed by atoms with E-state index in [1.165, 1.54) is 30.9 Å². The molecule has 0 bridgehead atoms. The highest BCUT2D eigenvalue weighted by molar-refractivity contribution is 7.26. The van der Waals surface area contributed by atoms with Gasteiger partial charge in [0.15, 0.2) is 23.3 Å². The fraction of sp³-hybridized carbons (Fsp3) is 0. The van der Waals surface area contributed by atoms with Gasteiger partial charge in [-0.3, -0.25) is 0 Å². The van der Waals surface area contributed by atoms with Gasteiger partial charge in [-0.15, -0.1) is 11.3 Å². The van der Waals surface area contributed by atoms with Crippen molar-refractivity contribution in [2.24, 2.45) is 0 Å². The molecule has 7 heteroatoms. The molecule has 0 spiro atoms. The summed E-state index contributed by atoms with van der Waals surface area (Å²) in [6.07, 6.45) is 0. The molecule has 4 aromatic heterocycles. The second-order valence-electron chi connectivity index (χ2n) is 15.3. The third kappa shape index (κ3) is 6.14. The second kappa shape index (κ2) is 14.9. The van der Waals surface area contributed by atoms with Gasteiger partial charge in [0, 0.05) is 64.3 Å². The Kier molecular flexibility index (Phi) is 8.57. The Hall–Kier alpha value is -8.13. The normalized spacial score (nSPS) is 11.5. The van der Waals surface area contributed by atoms with Gasteiger partial charge in [-0.25, -0.2) is 24.9 Å². The third-order valence-electron chi connectivity index (χ3n) is 11.5. The number of hydrogen-bond acceptors (Lipinski definition) is 6. The molecule has 0 fully saturated rings. The minimum Gasteiger partial charge on any atom is -0.308 e. The summed E-state index contributed by atoms with van der Waals surface area (Å²) in [7, 11) is 0. The van der Waals surface area contributed by atoms with Gasteiger partial charge in [0.2, 0.25) is 0 Å². The molecule has 290 valence electrons. The maximum atomic E-state index is 5.40. The van der Waals surface area contributed by atoms with Crippen molar-refractivity contribution in [3.8, 4) is 73.8 Å². The molecule has 0 saturated heterocycles. The van der Waals surface area contributed by atoms with Crippen LogP contribution in [0.1, 0.15) is 0 Å². The Morgan fingerprint density at radius 3 is 1.47 bits per heavy atom. The first-order valence-corrected chi connectivity index (χ1v) is 21.4. The van der Waals surface area contributed by atoms with Crippen LogP contribution in [0.2, 0.25) is 0 Å². The molecule has 12 rings (SSSR count). The Morgan fingerprint density at radius 2 is 0.855 bits per heavy atom. The smallest absolute Gasteiger partial charge is 0.164 e. The van der Waals surface area contributed by atoms with Gasteiger partial charge in [-0.1, -0.05) is 164 Å². The first-order valence-electron chi connectivity index (χ1n) is 20.6. The van der Waals surface area contributed by atoms with E-state index in [1.54, 1.807) is 0 Å². The van der Waals surface area contributed by atoms with E-state index in [9.17, 15) is 0 Å². The van der Waals surface area contributed by atoms with Crippen LogP contribution in [0.4, 0.5) is 0 Å². The van der Waals surface area contributed by atoms with E-state index in [1.807, 2.05) is 108 Å². The van der Waals surface area contributed by atoms with E-state index in [0.29, 0.717) is 23.3 Å². The molecule has 62 heavy (non-hydrogen) atoms. The molecule has 0 unspecified atom stereocenters. The summed E-state index contributed by atoms with van der Waals surface area (Å²) < 4.78 is 4.93. The van der Waals surface area contributed by atoms with Crippen LogP contribution < -0.4 is 0 Å². The van der Waals surface area contributed by atoms with Crippen molar-refractivity contribution in [1.29, 1.82) is 0 Å². The van der Waals surface area contributed by atoms with E-state index in [-0.39, 0.29) is 0 Å². The Balaban J connectivity index is 1.16. The second-order valence-corrected chi connectivity index (χ2v) is 16.3. The molecule has 6 nitrogen and oxygen atoms in total. The van der Waals surface area contributed by atoms with Gasteiger partial charge in [-0.05, 0) is 42.5 Å². The Bertz CT molecular complexity index is 3510. The number of thiophene rings is 1. The molecular weight excluding hydrogens is 777 g/mol. The number of aromatic nitrogens is 6. The summed E-state index contributed by atoms with van der Waals surface area (Å²) in [5.74, 6) is 2.35. The van der Waals surface area contributed by atoms with Gasteiger partial charge in [0.25, 0.3) is 0 Å². The van der Waals surface area contributed by atoms with Crippen LogP contribution in [0.15, 0.2) is 206 Å². The zero-order chi connectivity index (χ0) is 41.0.